The molecule has 0 unspecified atom stereocenters. The van der Waals surface area contributed by atoms with Gasteiger partial charge in [-0.15, -0.1) is 0 Å². The average molecular weight is 356 g/mol. The lowest BCUT2D eigenvalue weighted by Gasteiger charge is -2.33. The summed E-state index contributed by atoms with van der Waals surface area (Å²) in [5.74, 6) is 0. The molecule has 4 rings (SSSR count). The number of benzene rings is 2. The van der Waals surface area contributed by atoms with Crippen LogP contribution in [-0.2, 0) is 5.41 Å². The predicted octanol–water partition coefficient (Wildman–Crippen LogP) is 7.40. The lowest BCUT2D eigenvalue weighted by molar-refractivity contribution is 0.414. The zero-order valence-electron chi connectivity index (χ0n) is 16.5. The van der Waals surface area contributed by atoms with Gasteiger partial charge in [0, 0.05) is 17.2 Å². The Morgan fingerprint density at radius 1 is 0.741 bits per heavy atom. The van der Waals surface area contributed by atoms with E-state index in [1.54, 1.807) is 5.56 Å². The Kier molecular flexibility index (Phi) is 5.11. The van der Waals surface area contributed by atoms with Crippen LogP contribution in [0.1, 0.15) is 63.5 Å². The Balaban J connectivity index is 1.90. The van der Waals surface area contributed by atoms with Gasteiger partial charge in [0.25, 0.3) is 0 Å². The van der Waals surface area contributed by atoms with Crippen molar-refractivity contribution in [3.05, 3.63) is 78.0 Å². The highest BCUT2D eigenvalue weighted by Crippen LogP contribution is 2.54. The van der Waals surface area contributed by atoms with Gasteiger partial charge in [0.15, 0.2) is 0 Å². The molecule has 1 nitrogen and oxygen atoms in total. The van der Waals surface area contributed by atoms with E-state index in [2.05, 4.69) is 73.4 Å². The molecular weight excluding hydrogens is 326 g/mol. The van der Waals surface area contributed by atoms with E-state index >= 15 is 0 Å². The lowest BCUT2D eigenvalue weighted by atomic mass is 9.70. The number of unbranched alkanes of at least 4 members (excludes halogenated alkanes) is 2. The Bertz CT molecular complexity index is 903. The molecule has 0 saturated heterocycles. The average Bonchev–Trinajstić information content (AvgIpc) is 3.01. The van der Waals surface area contributed by atoms with E-state index in [9.17, 15) is 0 Å². The molecule has 0 amide bonds. The van der Waals surface area contributed by atoms with E-state index in [0.717, 1.165) is 5.69 Å². The van der Waals surface area contributed by atoms with Gasteiger partial charge in [-0.3, -0.25) is 4.98 Å². The van der Waals surface area contributed by atoms with Crippen LogP contribution in [0.4, 0.5) is 0 Å². The first-order valence-electron chi connectivity index (χ1n) is 10.5. The summed E-state index contributed by atoms with van der Waals surface area (Å²) in [6, 6.07) is 22.3. The molecule has 1 aliphatic rings. The number of rotatable bonds is 7. The molecule has 1 aliphatic carbocycles. The van der Waals surface area contributed by atoms with Crippen LogP contribution in [0.5, 0.6) is 0 Å². The summed E-state index contributed by atoms with van der Waals surface area (Å²) in [7, 11) is 0. The second-order valence-corrected chi connectivity index (χ2v) is 7.81. The molecule has 27 heavy (non-hydrogen) atoms. The third kappa shape index (κ3) is 3.10. The van der Waals surface area contributed by atoms with Crippen LogP contribution in [0.3, 0.4) is 0 Å². The van der Waals surface area contributed by atoms with Crippen LogP contribution in [0.15, 0.2) is 66.9 Å². The minimum atomic E-state index is 0.155. The van der Waals surface area contributed by atoms with Gasteiger partial charge in [0.1, 0.15) is 0 Å². The first kappa shape index (κ1) is 18.0. The van der Waals surface area contributed by atoms with Crippen LogP contribution < -0.4 is 0 Å². The summed E-state index contributed by atoms with van der Waals surface area (Å²) in [5, 5.41) is 0. The second kappa shape index (κ2) is 7.68. The molecule has 0 radical (unpaired) electrons. The smallest absolute Gasteiger partial charge is 0.0702 e. The second-order valence-electron chi connectivity index (χ2n) is 7.81. The molecule has 0 N–H and O–H groups in total. The number of hydrogen-bond donors (Lipinski definition) is 0. The van der Waals surface area contributed by atoms with Crippen LogP contribution in [0.2, 0.25) is 0 Å². The Morgan fingerprint density at radius 3 is 2.15 bits per heavy atom. The van der Waals surface area contributed by atoms with Crippen LogP contribution in [0, 0.1) is 0 Å². The van der Waals surface area contributed by atoms with Gasteiger partial charge in [-0.2, -0.15) is 0 Å². The summed E-state index contributed by atoms with van der Waals surface area (Å²) in [6.07, 6.45) is 9.38. The van der Waals surface area contributed by atoms with E-state index in [4.69, 9.17) is 0 Å². The lowest BCUT2D eigenvalue weighted by Crippen LogP contribution is -2.25. The van der Waals surface area contributed by atoms with E-state index in [0.29, 0.717) is 0 Å². The maximum atomic E-state index is 4.60. The Hall–Kier alpha value is -2.41. The molecule has 3 aromatic rings. The summed E-state index contributed by atoms with van der Waals surface area (Å²) in [5.41, 5.74) is 8.39. The van der Waals surface area contributed by atoms with E-state index in [1.165, 1.54) is 60.8 Å². The van der Waals surface area contributed by atoms with Gasteiger partial charge in [0.2, 0.25) is 0 Å². The van der Waals surface area contributed by atoms with Crippen molar-refractivity contribution < 1.29 is 0 Å². The third-order valence-corrected chi connectivity index (χ3v) is 6.14. The molecule has 0 aliphatic heterocycles. The van der Waals surface area contributed by atoms with E-state index in [1.807, 2.05) is 12.3 Å². The summed E-state index contributed by atoms with van der Waals surface area (Å²) in [4.78, 5) is 4.60. The highest BCUT2D eigenvalue weighted by atomic mass is 14.7. The molecule has 2 aromatic carbocycles. The van der Waals surface area contributed by atoms with Crippen molar-refractivity contribution in [2.45, 2.75) is 57.8 Å². The topological polar surface area (TPSA) is 12.9 Å². The maximum absolute atomic E-state index is 4.60. The van der Waals surface area contributed by atoms with E-state index in [-0.39, 0.29) is 5.41 Å². The van der Waals surface area contributed by atoms with Gasteiger partial charge in [-0.05, 0) is 53.3 Å². The fourth-order valence-electron chi connectivity index (χ4n) is 4.77. The van der Waals surface area contributed by atoms with Crippen molar-refractivity contribution in [1.29, 1.82) is 0 Å². The first-order valence-corrected chi connectivity index (χ1v) is 10.5. The number of pyridine rings is 1. The fraction of sp³-hybridized carbons (Fsp3) is 0.346. The molecule has 0 fully saturated rings. The Labute approximate surface area is 163 Å². The molecule has 0 atom stereocenters. The normalized spacial score (nSPS) is 14.0. The zero-order chi connectivity index (χ0) is 18.7. The highest BCUT2D eigenvalue weighted by Gasteiger charge is 2.41. The molecule has 1 aromatic heterocycles. The van der Waals surface area contributed by atoms with Crippen molar-refractivity contribution in [2.75, 3.05) is 0 Å². The first-order chi connectivity index (χ1) is 13.3. The number of fused-ring (bicyclic) bond motifs is 3. The molecular formula is C26H29N. The maximum Gasteiger partial charge on any atom is 0.0702 e. The number of hydrogen-bond acceptors (Lipinski definition) is 1. The minimum Gasteiger partial charge on any atom is -0.256 e. The molecule has 1 heteroatoms. The minimum absolute atomic E-state index is 0.155. The third-order valence-electron chi connectivity index (χ3n) is 6.14. The van der Waals surface area contributed by atoms with Gasteiger partial charge >= 0.3 is 0 Å². The summed E-state index contributed by atoms with van der Waals surface area (Å²) < 4.78 is 0. The Morgan fingerprint density at radius 2 is 1.44 bits per heavy atom. The molecule has 0 bridgehead atoms. The van der Waals surface area contributed by atoms with Crippen LogP contribution in [0.25, 0.3) is 22.4 Å². The van der Waals surface area contributed by atoms with Crippen molar-refractivity contribution in [2.24, 2.45) is 0 Å². The number of aromatic nitrogens is 1. The fourth-order valence-corrected chi connectivity index (χ4v) is 4.77. The summed E-state index contributed by atoms with van der Waals surface area (Å²) in [6.45, 7) is 4.61. The van der Waals surface area contributed by atoms with Crippen LogP contribution in [-0.4, -0.2) is 4.98 Å². The van der Waals surface area contributed by atoms with Gasteiger partial charge in [-0.25, -0.2) is 0 Å². The van der Waals surface area contributed by atoms with Crippen molar-refractivity contribution in [1.82, 2.24) is 4.98 Å². The van der Waals surface area contributed by atoms with Crippen molar-refractivity contribution in [3.63, 3.8) is 0 Å². The van der Waals surface area contributed by atoms with Crippen molar-refractivity contribution in [3.8, 4) is 22.4 Å². The summed E-state index contributed by atoms with van der Waals surface area (Å²) >= 11 is 0. The zero-order valence-corrected chi connectivity index (χ0v) is 16.5. The van der Waals surface area contributed by atoms with Gasteiger partial charge in [-0.1, -0.05) is 82.0 Å². The standard InChI is InChI=1S/C26H29N/c1-3-5-16-26(17-6-4-2)23-12-8-7-11-21(23)22-15-14-20(19-24(22)26)25-13-9-10-18-27-25/h7-15,18-19H,3-6,16-17H2,1-2H3. The van der Waals surface area contributed by atoms with E-state index < -0.39 is 0 Å². The molecule has 0 spiro atoms. The van der Waals surface area contributed by atoms with Crippen LogP contribution >= 0.6 is 0 Å². The molecule has 0 saturated carbocycles. The van der Waals surface area contributed by atoms with Gasteiger partial charge in [0.05, 0.1) is 5.69 Å². The largest absolute Gasteiger partial charge is 0.256 e. The van der Waals surface area contributed by atoms with Gasteiger partial charge < -0.3 is 0 Å². The predicted molar refractivity (Wildman–Crippen MR) is 115 cm³/mol. The monoisotopic (exact) mass is 355 g/mol. The number of nitrogens with zero attached hydrogens (tertiary/aromatic N) is 1. The molecule has 1 heterocycles. The quantitative estimate of drug-likeness (QED) is 0.430. The van der Waals surface area contributed by atoms with Crippen molar-refractivity contribution >= 4 is 0 Å². The highest BCUT2D eigenvalue weighted by molar-refractivity contribution is 5.83. The SMILES string of the molecule is CCCCC1(CCCC)c2ccccc2-c2ccc(-c3ccccn3)cc21. The molecule has 138 valence electrons.